The Balaban J connectivity index is 2.14. The van der Waals surface area contributed by atoms with E-state index >= 15 is 0 Å². The molecule has 0 saturated carbocycles. The summed E-state index contributed by atoms with van der Waals surface area (Å²) in [6.07, 6.45) is 0. The van der Waals surface area contributed by atoms with Crippen LogP contribution in [-0.4, -0.2) is 24.9 Å². The highest BCUT2D eigenvalue weighted by Crippen LogP contribution is 2.37. The van der Waals surface area contributed by atoms with Gasteiger partial charge in [0.25, 0.3) is 0 Å². The van der Waals surface area contributed by atoms with Crippen molar-refractivity contribution in [1.82, 2.24) is 5.32 Å². The molecular weight excluding hydrogens is 349 g/mol. The minimum atomic E-state index is 0.0902. The predicted octanol–water partition coefficient (Wildman–Crippen LogP) is 4.05. The number of nitrogens with one attached hydrogen (secondary N) is 1. The van der Waals surface area contributed by atoms with E-state index < -0.39 is 0 Å². The summed E-state index contributed by atoms with van der Waals surface area (Å²) in [4.78, 5) is 0. The summed E-state index contributed by atoms with van der Waals surface area (Å²) in [7, 11) is 0. The zero-order valence-corrected chi connectivity index (χ0v) is 15.0. The average molecular weight is 370 g/mol. The Bertz CT molecular complexity index is 665. The number of aliphatic hydroxyl groups is 1. The van der Waals surface area contributed by atoms with Crippen molar-refractivity contribution in [2.75, 3.05) is 19.8 Å². The van der Waals surface area contributed by atoms with E-state index in [0.29, 0.717) is 47.8 Å². The van der Waals surface area contributed by atoms with Crippen molar-refractivity contribution in [2.45, 2.75) is 20.1 Å². The first-order valence-electron chi connectivity index (χ1n) is 7.78. The van der Waals surface area contributed by atoms with Gasteiger partial charge in [0.1, 0.15) is 6.61 Å². The quantitative estimate of drug-likeness (QED) is 0.654. The standard InChI is InChI=1S/C18H21Cl2NO3/c1-2-23-17-10-14(11-21-6-7-22)9-16(20)18(17)24-12-13-4-3-5-15(19)8-13/h3-5,8-10,21-22H,2,6-7,11-12H2,1H3. The molecule has 0 aliphatic heterocycles. The van der Waals surface area contributed by atoms with Gasteiger partial charge in [-0.25, -0.2) is 0 Å². The highest BCUT2D eigenvalue weighted by atomic mass is 35.5. The summed E-state index contributed by atoms with van der Waals surface area (Å²) in [5, 5.41) is 13.1. The molecule has 0 unspecified atom stereocenters. The van der Waals surface area contributed by atoms with Crippen molar-refractivity contribution in [3.05, 3.63) is 57.6 Å². The van der Waals surface area contributed by atoms with E-state index in [-0.39, 0.29) is 6.61 Å². The highest BCUT2D eigenvalue weighted by molar-refractivity contribution is 6.32. The fraction of sp³-hybridized carbons (Fsp3) is 0.333. The number of rotatable bonds is 9. The lowest BCUT2D eigenvalue weighted by molar-refractivity contribution is 0.269. The maximum atomic E-state index is 8.84. The lowest BCUT2D eigenvalue weighted by Gasteiger charge is -2.15. The Morgan fingerprint density at radius 3 is 2.62 bits per heavy atom. The van der Waals surface area contributed by atoms with Crippen LogP contribution < -0.4 is 14.8 Å². The second-order valence-corrected chi connectivity index (χ2v) is 6.00. The van der Waals surface area contributed by atoms with E-state index in [4.69, 9.17) is 37.8 Å². The third-order valence-electron chi connectivity index (χ3n) is 3.26. The number of ether oxygens (including phenoxy) is 2. The molecule has 6 heteroatoms. The second-order valence-electron chi connectivity index (χ2n) is 5.16. The number of hydrogen-bond acceptors (Lipinski definition) is 4. The fourth-order valence-electron chi connectivity index (χ4n) is 2.22. The maximum Gasteiger partial charge on any atom is 0.180 e. The molecule has 24 heavy (non-hydrogen) atoms. The van der Waals surface area contributed by atoms with Crippen LogP contribution in [0.4, 0.5) is 0 Å². The van der Waals surface area contributed by atoms with Crippen LogP contribution in [0.5, 0.6) is 11.5 Å². The van der Waals surface area contributed by atoms with E-state index in [1.165, 1.54) is 0 Å². The van der Waals surface area contributed by atoms with E-state index in [1.807, 2.05) is 43.3 Å². The molecule has 0 saturated heterocycles. The number of aliphatic hydroxyl groups excluding tert-OH is 1. The zero-order valence-electron chi connectivity index (χ0n) is 13.5. The molecule has 130 valence electrons. The number of halogens is 2. The van der Waals surface area contributed by atoms with Crippen molar-refractivity contribution < 1.29 is 14.6 Å². The van der Waals surface area contributed by atoms with Gasteiger partial charge in [0.2, 0.25) is 0 Å². The molecular formula is C18H21Cl2NO3. The van der Waals surface area contributed by atoms with Gasteiger partial charge in [-0.15, -0.1) is 0 Å². The molecule has 0 spiro atoms. The van der Waals surface area contributed by atoms with Crippen molar-refractivity contribution in [3.63, 3.8) is 0 Å². The molecule has 2 aromatic carbocycles. The number of benzene rings is 2. The first kappa shape index (κ1) is 18.9. The van der Waals surface area contributed by atoms with Gasteiger partial charge in [-0.05, 0) is 42.3 Å². The van der Waals surface area contributed by atoms with Gasteiger partial charge < -0.3 is 19.9 Å². The minimum absolute atomic E-state index is 0.0902. The summed E-state index contributed by atoms with van der Waals surface area (Å²) >= 11 is 12.4. The third kappa shape index (κ3) is 5.56. The Morgan fingerprint density at radius 1 is 1.08 bits per heavy atom. The molecule has 0 radical (unpaired) electrons. The van der Waals surface area contributed by atoms with Crippen molar-refractivity contribution in [1.29, 1.82) is 0 Å². The molecule has 2 aromatic rings. The minimum Gasteiger partial charge on any atom is -0.490 e. The summed E-state index contributed by atoms with van der Waals surface area (Å²) in [5.41, 5.74) is 1.92. The molecule has 0 aliphatic carbocycles. The molecule has 0 bridgehead atoms. The first-order chi connectivity index (χ1) is 11.6. The van der Waals surface area contributed by atoms with Crippen LogP contribution in [-0.2, 0) is 13.2 Å². The van der Waals surface area contributed by atoms with Gasteiger partial charge in [0.05, 0.1) is 18.2 Å². The highest BCUT2D eigenvalue weighted by Gasteiger charge is 2.13. The van der Waals surface area contributed by atoms with Gasteiger partial charge in [0.15, 0.2) is 11.5 Å². The third-order valence-corrected chi connectivity index (χ3v) is 3.77. The summed E-state index contributed by atoms with van der Waals surface area (Å²) in [5.74, 6) is 1.12. The van der Waals surface area contributed by atoms with E-state index in [9.17, 15) is 0 Å². The predicted molar refractivity (Wildman–Crippen MR) is 97.2 cm³/mol. The van der Waals surface area contributed by atoms with Crippen LogP contribution in [0.15, 0.2) is 36.4 Å². The van der Waals surface area contributed by atoms with E-state index in [0.717, 1.165) is 11.1 Å². The lowest BCUT2D eigenvalue weighted by Crippen LogP contribution is -2.17. The molecule has 4 nitrogen and oxygen atoms in total. The molecule has 0 aliphatic rings. The van der Waals surface area contributed by atoms with Crippen LogP contribution in [0.2, 0.25) is 10.0 Å². The molecule has 0 amide bonds. The molecule has 2 N–H and O–H groups in total. The SMILES string of the molecule is CCOc1cc(CNCCO)cc(Cl)c1OCc1cccc(Cl)c1. The van der Waals surface area contributed by atoms with Crippen molar-refractivity contribution >= 4 is 23.2 Å². The zero-order chi connectivity index (χ0) is 17.4. The summed E-state index contributed by atoms with van der Waals surface area (Å²) < 4.78 is 11.5. The Morgan fingerprint density at radius 2 is 1.92 bits per heavy atom. The fourth-order valence-corrected chi connectivity index (χ4v) is 2.72. The Hall–Kier alpha value is -1.46. The average Bonchev–Trinajstić information content (AvgIpc) is 2.55. The van der Waals surface area contributed by atoms with Gasteiger partial charge >= 0.3 is 0 Å². The lowest BCUT2D eigenvalue weighted by atomic mass is 10.2. The first-order valence-corrected chi connectivity index (χ1v) is 8.53. The Labute approximate surface area is 152 Å². The van der Waals surface area contributed by atoms with E-state index in [2.05, 4.69) is 5.32 Å². The van der Waals surface area contributed by atoms with Crippen LogP contribution in [0, 0.1) is 0 Å². The van der Waals surface area contributed by atoms with E-state index in [1.54, 1.807) is 0 Å². The topological polar surface area (TPSA) is 50.7 Å². The van der Waals surface area contributed by atoms with Gasteiger partial charge in [0, 0.05) is 18.1 Å². The van der Waals surface area contributed by atoms with Gasteiger partial charge in [-0.1, -0.05) is 35.3 Å². The van der Waals surface area contributed by atoms with Gasteiger partial charge in [-0.3, -0.25) is 0 Å². The smallest absolute Gasteiger partial charge is 0.180 e. The molecule has 0 aromatic heterocycles. The second kappa shape index (κ2) is 9.74. The van der Waals surface area contributed by atoms with Crippen molar-refractivity contribution in [2.24, 2.45) is 0 Å². The van der Waals surface area contributed by atoms with Crippen LogP contribution >= 0.6 is 23.2 Å². The monoisotopic (exact) mass is 369 g/mol. The van der Waals surface area contributed by atoms with Crippen LogP contribution in [0.25, 0.3) is 0 Å². The summed E-state index contributed by atoms with van der Waals surface area (Å²) in [6.45, 7) is 3.97. The maximum absolute atomic E-state index is 8.84. The van der Waals surface area contributed by atoms with Crippen LogP contribution in [0.1, 0.15) is 18.1 Å². The normalized spacial score (nSPS) is 10.7. The molecule has 2 rings (SSSR count). The van der Waals surface area contributed by atoms with Gasteiger partial charge in [-0.2, -0.15) is 0 Å². The Kier molecular flexibility index (Phi) is 7.66. The number of hydrogen-bond donors (Lipinski definition) is 2. The molecule has 0 heterocycles. The van der Waals surface area contributed by atoms with Crippen LogP contribution in [0.3, 0.4) is 0 Å². The molecule has 0 fully saturated rings. The largest absolute Gasteiger partial charge is 0.490 e. The van der Waals surface area contributed by atoms with Crippen molar-refractivity contribution in [3.8, 4) is 11.5 Å². The summed E-state index contributed by atoms with van der Waals surface area (Å²) in [6, 6.07) is 11.2. The molecule has 0 atom stereocenters.